The van der Waals surface area contributed by atoms with Gasteiger partial charge in [0.05, 0.1) is 5.41 Å². The average molecular weight is 252 g/mol. The topological polar surface area (TPSA) is 78.4 Å². The van der Waals surface area contributed by atoms with Crippen LogP contribution in [0.3, 0.4) is 0 Å². The van der Waals surface area contributed by atoms with Crippen molar-refractivity contribution in [2.75, 3.05) is 0 Å². The van der Waals surface area contributed by atoms with Crippen LogP contribution < -0.4 is 10.6 Å². The Morgan fingerprint density at radius 2 is 1.94 bits per heavy atom. The summed E-state index contributed by atoms with van der Waals surface area (Å²) < 4.78 is 0. The number of carboxylic acid groups (broad SMARTS) is 1. The summed E-state index contributed by atoms with van der Waals surface area (Å²) in [7, 11) is 0. The van der Waals surface area contributed by atoms with Crippen LogP contribution in [0.1, 0.15) is 39.0 Å². The van der Waals surface area contributed by atoms with E-state index in [1.807, 2.05) is 12.2 Å². The lowest BCUT2D eigenvalue weighted by Gasteiger charge is -2.28. The molecule has 5 nitrogen and oxygen atoms in total. The molecule has 5 heteroatoms. The summed E-state index contributed by atoms with van der Waals surface area (Å²) in [5.41, 5.74) is -0.828. The van der Waals surface area contributed by atoms with Gasteiger partial charge in [-0.05, 0) is 32.6 Å². The smallest absolute Gasteiger partial charge is 0.315 e. The van der Waals surface area contributed by atoms with Crippen molar-refractivity contribution in [2.45, 2.75) is 51.1 Å². The summed E-state index contributed by atoms with van der Waals surface area (Å²) in [4.78, 5) is 23.1. The van der Waals surface area contributed by atoms with Crippen molar-refractivity contribution in [3.8, 4) is 0 Å². The van der Waals surface area contributed by atoms with E-state index < -0.39 is 11.4 Å². The Balaban J connectivity index is 1.88. The van der Waals surface area contributed by atoms with Crippen molar-refractivity contribution in [2.24, 2.45) is 5.41 Å². The number of carbonyl (C=O) groups excluding carboxylic acids is 1. The molecule has 1 saturated carbocycles. The zero-order valence-corrected chi connectivity index (χ0v) is 10.6. The Labute approximate surface area is 107 Å². The van der Waals surface area contributed by atoms with Gasteiger partial charge in [0.25, 0.3) is 0 Å². The Kier molecular flexibility index (Phi) is 3.59. The average Bonchev–Trinajstić information content (AvgIpc) is 2.90. The first-order chi connectivity index (χ1) is 8.52. The van der Waals surface area contributed by atoms with E-state index in [1.165, 1.54) is 0 Å². The summed E-state index contributed by atoms with van der Waals surface area (Å²) >= 11 is 0. The molecule has 0 heterocycles. The van der Waals surface area contributed by atoms with E-state index in [2.05, 4.69) is 10.6 Å². The number of carbonyl (C=O) groups is 2. The van der Waals surface area contributed by atoms with Gasteiger partial charge < -0.3 is 15.7 Å². The summed E-state index contributed by atoms with van der Waals surface area (Å²) in [6.07, 6.45) is 8.00. The van der Waals surface area contributed by atoms with E-state index in [9.17, 15) is 14.7 Å². The molecule has 0 radical (unpaired) electrons. The Morgan fingerprint density at radius 3 is 2.56 bits per heavy atom. The highest BCUT2D eigenvalue weighted by Crippen LogP contribution is 2.38. The van der Waals surface area contributed by atoms with Crippen molar-refractivity contribution in [3.05, 3.63) is 12.2 Å². The van der Waals surface area contributed by atoms with E-state index >= 15 is 0 Å². The summed E-state index contributed by atoms with van der Waals surface area (Å²) in [6, 6.07) is -0.366. The number of rotatable bonds is 3. The van der Waals surface area contributed by atoms with Crippen molar-refractivity contribution in [1.82, 2.24) is 10.6 Å². The first-order valence-electron chi connectivity index (χ1n) is 6.48. The molecule has 2 aliphatic carbocycles. The molecule has 2 amide bonds. The molecule has 2 aliphatic rings. The van der Waals surface area contributed by atoms with Gasteiger partial charge in [-0.25, -0.2) is 4.79 Å². The molecule has 0 aromatic rings. The van der Waals surface area contributed by atoms with E-state index in [0.717, 1.165) is 25.7 Å². The summed E-state index contributed by atoms with van der Waals surface area (Å²) in [5, 5.41) is 15.0. The molecule has 1 fully saturated rings. The molecule has 2 atom stereocenters. The maximum Gasteiger partial charge on any atom is 0.315 e. The van der Waals surface area contributed by atoms with Gasteiger partial charge in [-0.1, -0.05) is 18.6 Å². The van der Waals surface area contributed by atoms with E-state index in [4.69, 9.17) is 0 Å². The molecule has 0 aromatic carbocycles. The molecular formula is C13H20N2O3. The van der Waals surface area contributed by atoms with E-state index in [1.54, 1.807) is 6.92 Å². The molecule has 0 aliphatic heterocycles. The van der Waals surface area contributed by atoms with Gasteiger partial charge >= 0.3 is 12.0 Å². The van der Waals surface area contributed by atoms with E-state index in [0.29, 0.717) is 6.42 Å². The predicted molar refractivity (Wildman–Crippen MR) is 67.2 cm³/mol. The fourth-order valence-corrected chi connectivity index (χ4v) is 2.77. The fraction of sp³-hybridized carbons (Fsp3) is 0.692. The van der Waals surface area contributed by atoms with Crippen molar-refractivity contribution >= 4 is 12.0 Å². The molecule has 0 saturated heterocycles. The lowest BCUT2D eigenvalue weighted by molar-refractivity contribution is -0.148. The molecular weight excluding hydrogens is 232 g/mol. The summed E-state index contributed by atoms with van der Waals surface area (Å²) in [5.74, 6) is -0.826. The van der Waals surface area contributed by atoms with E-state index in [-0.39, 0.29) is 18.1 Å². The number of hydrogen-bond donors (Lipinski definition) is 3. The van der Waals surface area contributed by atoms with Crippen molar-refractivity contribution < 1.29 is 14.7 Å². The molecule has 2 unspecified atom stereocenters. The highest BCUT2D eigenvalue weighted by Gasteiger charge is 2.45. The van der Waals surface area contributed by atoms with Gasteiger partial charge in [0.1, 0.15) is 0 Å². The largest absolute Gasteiger partial charge is 0.481 e. The van der Waals surface area contributed by atoms with Crippen LogP contribution in [0.5, 0.6) is 0 Å². The molecule has 0 bridgehead atoms. The number of carboxylic acids is 1. The Morgan fingerprint density at radius 1 is 1.28 bits per heavy atom. The fourth-order valence-electron chi connectivity index (χ4n) is 2.77. The van der Waals surface area contributed by atoms with Crippen LogP contribution in [0.25, 0.3) is 0 Å². The van der Waals surface area contributed by atoms with Crippen molar-refractivity contribution in [3.63, 3.8) is 0 Å². The van der Waals surface area contributed by atoms with Crippen LogP contribution in [0, 0.1) is 5.41 Å². The molecule has 3 N–H and O–H groups in total. The molecule has 100 valence electrons. The number of hydrogen-bond acceptors (Lipinski definition) is 2. The van der Waals surface area contributed by atoms with Crippen LogP contribution >= 0.6 is 0 Å². The molecule has 2 rings (SSSR count). The zero-order valence-electron chi connectivity index (χ0n) is 10.6. The minimum Gasteiger partial charge on any atom is -0.481 e. The minimum atomic E-state index is -0.828. The van der Waals surface area contributed by atoms with Crippen LogP contribution in [-0.4, -0.2) is 29.2 Å². The molecule has 18 heavy (non-hydrogen) atoms. The van der Waals surface area contributed by atoms with Crippen LogP contribution in [0.2, 0.25) is 0 Å². The first-order valence-corrected chi connectivity index (χ1v) is 6.48. The highest BCUT2D eigenvalue weighted by atomic mass is 16.4. The SMILES string of the molecule is CC1(C(=O)O)CCCC1NC(=O)NC1CC=CC1. The number of nitrogens with one attached hydrogen (secondary N) is 2. The van der Waals surface area contributed by atoms with Crippen molar-refractivity contribution in [1.29, 1.82) is 0 Å². The lowest BCUT2D eigenvalue weighted by atomic mass is 9.85. The third kappa shape index (κ3) is 2.49. The quantitative estimate of drug-likeness (QED) is 0.668. The van der Waals surface area contributed by atoms with Gasteiger partial charge in [0.15, 0.2) is 0 Å². The number of aliphatic carboxylic acids is 1. The third-order valence-electron chi connectivity index (χ3n) is 4.09. The lowest BCUT2D eigenvalue weighted by Crippen LogP contribution is -2.51. The van der Waals surface area contributed by atoms with Gasteiger partial charge in [-0.2, -0.15) is 0 Å². The molecule has 0 spiro atoms. The second kappa shape index (κ2) is 5.00. The van der Waals surface area contributed by atoms with Gasteiger partial charge in [-0.3, -0.25) is 4.79 Å². The summed E-state index contributed by atoms with van der Waals surface area (Å²) in [6.45, 7) is 1.71. The first kappa shape index (κ1) is 12.9. The predicted octanol–water partition coefficient (Wildman–Crippen LogP) is 1.65. The monoisotopic (exact) mass is 252 g/mol. The standard InChI is InChI=1S/C13H20N2O3/c1-13(11(16)17)8-4-7-10(13)15-12(18)14-9-5-2-3-6-9/h2-3,9-10H,4-8H2,1H3,(H,16,17)(H2,14,15,18). The minimum absolute atomic E-state index is 0.155. The normalized spacial score (nSPS) is 31.5. The second-order valence-corrected chi connectivity index (χ2v) is 5.42. The number of amides is 2. The maximum absolute atomic E-state index is 11.8. The third-order valence-corrected chi connectivity index (χ3v) is 4.09. The Bertz CT molecular complexity index is 372. The maximum atomic E-state index is 11.8. The van der Waals surface area contributed by atoms with Crippen LogP contribution in [0.15, 0.2) is 12.2 Å². The second-order valence-electron chi connectivity index (χ2n) is 5.42. The molecule has 0 aromatic heterocycles. The Hall–Kier alpha value is -1.52. The van der Waals surface area contributed by atoms with Crippen LogP contribution in [-0.2, 0) is 4.79 Å². The van der Waals surface area contributed by atoms with Gasteiger partial charge in [0, 0.05) is 12.1 Å². The van der Waals surface area contributed by atoms with Gasteiger partial charge in [0.2, 0.25) is 0 Å². The zero-order chi connectivity index (χ0) is 13.2. The number of urea groups is 1. The van der Waals surface area contributed by atoms with Crippen LogP contribution in [0.4, 0.5) is 4.79 Å². The van der Waals surface area contributed by atoms with Gasteiger partial charge in [-0.15, -0.1) is 0 Å². The highest BCUT2D eigenvalue weighted by molar-refractivity contribution is 5.79.